The number of fused-ring (bicyclic) bond motifs is 3. The smallest absolute Gasteiger partial charge is 0.270 e. The Bertz CT molecular complexity index is 1500. The Labute approximate surface area is 186 Å². The first kappa shape index (κ1) is 20.0. The molecule has 0 saturated carbocycles. The highest BCUT2D eigenvalue weighted by Gasteiger charge is 2.16. The van der Waals surface area contributed by atoms with Gasteiger partial charge in [-0.05, 0) is 36.2 Å². The Morgan fingerprint density at radius 3 is 2.53 bits per heavy atom. The summed E-state index contributed by atoms with van der Waals surface area (Å²) in [7, 11) is 0. The summed E-state index contributed by atoms with van der Waals surface area (Å²) in [6.45, 7) is 1.50. The molecule has 158 valence electrons. The maximum absolute atomic E-state index is 11.6. The number of ketones is 1. The van der Waals surface area contributed by atoms with Crippen molar-refractivity contribution in [1.29, 1.82) is 0 Å². The number of aromatic nitrogens is 4. The van der Waals surface area contributed by atoms with E-state index in [4.69, 9.17) is 0 Å². The predicted molar refractivity (Wildman–Crippen MR) is 125 cm³/mol. The second kappa shape index (κ2) is 7.93. The number of nitrogens with zero attached hydrogens (tertiary/aromatic N) is 3. The number of nitro groups is 1. The van der Waals surface area contributed by atoms with Gasteiger partial charge in [-0.15, -0.1) is 10.2 Å². The number of carbonyl (C=O) groups is 1. The van der Waals surface area contributed by atoms with E-state index in [1.165, 1.54) is 24.8 Å². The Balaban J connectivity index is 1.58. The van der Waals surface area contributed by atoms with Crippen molar-refractivity contribution in [3.05, 3.63) is 70.8 Å². The van der Waals surface area contributed by atoms with Crippen LogP contribution in [-0.4, -0.2) is 36.6 Å². The van der Waals surface area contributed by atoms with E-state index in [2.05, 4.69) is 26.2 Å². The second-order valence-corrected chi connectivity index (χ2v) is 8.39. The van der Waals surface area contributed by atoms with Gasteiger partial charge < -0.3 is 9.97 Å². The molecule has 5 aromatic rings. The van der Waals surface area contributed by atoms with E-state index in [-0.39, 0.29) is 17.2 Å². The molecule has 8 nitrogen and oxygen atoms in total. The van der Waals surface area contributed by atoms with E-state index in [0.717, 1.165) is 27.4 Å². The number of thioether (sulfide) groups is 1. The quantitative estimate of drug-likeness (QED) is 0.207. The van der Waals surface area contributed by atoms with Gasteiger partial charge in [-0.3, -0.25) is 14.9 Å². The zero-order valence-corrected chi connectivity index (χ0v) is 17.8. The summed E-state index contributed by atoms with van der Waals surface area (Å²) >= 11 is 1.24. The Hall–Kier alpha value is -3.98. The van der Waals surface area contributed by atoms with Gasteiger partial charge >= 0.3 is 0 Å². The number of benzene rings is 3. The summed E-state index contributed by atoms with van der Waals surface area (Å²) in [5.41, 5.74) is 4.05. The standard InChI is InChI=1S/C23H17N5O3S/c1-13(29)12-32-23-25-22(26-27-23)16-8-15(9-17(10-16)28(30)31)14-6-7-19-18-4-2-3-5-20(18)24-21(19)11-14/h2-11,24H,12H2,1H3,(H,25,26,27). The molecule has 5 rings (SSSR count). The van der Waals surface area contributed by atoms with Gasteiger partial charge in [0, 0.05) is 39.5 Å². The van der Waals surface area contributed by atoms with Gasteiger partial charge in [-0.25, -0.2) is 0 Å². The SMILES string of the molecule is CC(=O)CSc1nnc(-c2cc(-c3ccc4c(c3)[nH]c3ccccc34)cc([N+](=O)[O-])c2)[nH]1. The van der Waals surface area contributed by atoms with Gasteiger partial charge in [0.25, 0.3) is 5.69 Å². The molecule has 3 aromatic carbocycles. The first-order valence-electron chi connectivity index (χ1n) is 9.83. The third-order valence-electron chi connectivity index (χ3n) is 5.12. The lowest BCUT2D eigenvalue weighted by Gasteiger charge is -2.05. The van der Waals surface area contributed by atoms with Crippen molar-refractivity contribution in [2.24, 2.45) is 0 Å². The summed E-state index contributed by atoms with van der Waals surface area (Å²) in [5, 5.41) is 22.5. The van der Waals surface area contributed by atoms with Gasteiger partial charge in [0.1, 0.15) is 5.78 Å². The lowest BCUT2D eigenvalue weighted by Crippen LogP contribution is -1.93. The molecule has 2 heterocycles. The maximum Gasteiger partial charge on any atom is 0.270 e. The molecule has 9 heteroatoms. The maximum atomic E-state index is 11.6. The molecule has 0 fully saturated rings. The van der Waals surface area contributed by atoms with E-state index in [1.54, 1.807) is 6.07 Å². The average Bonchev–Trinajstić information content (AvgIpc) is 3.41. The molecule has 0 aliphatic rings. The molecular formula is C23H17N5O3S. The lowest BCUT2D eigenvalue weighted by atomic mass is 10.00. The van der Waals surface area contributed by atoms with Crippen LogP contribution in [0, 0.1) is 10.1 Å². The van der Waals surface area contributed by atoms with Crippen molar-refractivity contribution >= 4 is 45.0 Å². The lowest BCUT2D eigenvalue weighted by molar-refractivity contribution is -0.384. The Kier molecular flexibility index (Phi) is 4.95. The highest BCUT2D eigenvalue weighted by molar-refractivity contribution is 7.99. The van der Waals surface area contributed by atoms with Crippen LogP contribution < -0.4 is 0 Å². The molecule has 32 heavy (non-hydrogen) atoms. The third-order valence-corrected chi connectivity index (χ3v) is 6.13. The monoisotopic (exact) mass is 443 g/mol. The predicted octanol–water partition coefficient (Wildman–Crippen LogP) is 5.36. The van der Waals surface area contributed by atoms with Gasteiger partial charge in [-0.1, -0.05) is 42.1 Å². The Morgan fingerprint density at radius 1 is 0.938 bits per heavy atom. The number of para-hydroxylation sites is 1. The first-order chi connectivity index (χ1) is 15.5. The minimum absolute atomic E-state index is 0.0259. The fourth-order valence-corrected chi connectivity index (χ4v) is 4.27. The minimum atomic E-state index is -0.420. The van der Waals surface area contributed by atoms with Crippen molar-refractivity contribution in [3.63, 3.8) is 0 Å². The molecule has 0 radical (unpaired) electrons. The molecule has 0 bridgehead atoms. The molecule has 0 saturated heterocycles. The molecule has 0 unspecified atom stereocenters. The van der Waals surface area contributed by atoms with E-state index >= 15 is 0 Å². The van der Waals surface area contributed by atoms with Crippen molar-refractivity contribution in [2.45, 2.75) is 12.1 Å². The fraction of sp³-hybridized carbons (Fsp3) is 0.0870. The van der Waals surface area contributed by atoms with E-state index in [1.807, 2.05) is 42.5 Å². The van der Waals surface area contributed by atoms with Crippen LogP contribution in [0.4, 0.5) is 5.69 Å². The van der Waals surface area contributed by atoms with Gasteiger partial charge in [0.05, 0.1) is 10.7 Å². The first-order valence-corrected chi connectivity index (χ1v) is 10.8. The van der Waals surface area contributed by atoms with Crippen LogP contribution in [-0.2, 0) is 4.79 Å². The molecule has 0 atom stereocenters. The number of H-pyrrole nitrogens is 2. The molecule has 0 spiro atoms. The van der Waals surface area contributed by atoms with Crippen molar-refractivity contribution in [2.75, 3.05) is 5.75 Å². The van der Waals surface area contributed by atoms with Crippen LogP contribution in [0.5, 0.6) is 0 Å². The molecule has 2 N–H and O–H groups in total. The van der Waals surface area contributed by atoms with E-state index in [0.29, 0.717) is 22.1 Å². The molecule has 0 aliphatic carbocycles. The van der Waals surface area contributed by atoms with Crippen LogP contribution in [0.3, 0.4) is 0 Å². The largest absolute Gasteiger partial charge is 0.354 e. The highest BCUT2D eigenvalue weighted by Crippen LogP contribution is 2.34. The number of rotatable bonds is 6. The fourth-order valence-electron chi connectivity index (χ4n) is 3.67. The highest BCUT2D eigenvalue weighted by atomic mass is 32.2. The number of hydrogen-bond acceptors (Lipinski definition) is 6. The second-order valence-electron chi connectivity index (χ2n) is 7.43. The zero-order chi connectivity index (χ0) is 22.2. The van der Waals surface area contributed by atoms with Gasteiger partial charge in [0.2, 0.25) is 0 Å². The molecule has 0 amide bonds. The summed E-state index contributed by atoms with van der Waals surface area (Å²) in [4.78, 5) is 28.8. The van der Waals surface area contributed by atoms with Crippen LogP contribution in [0.1, 0.15) is 6.92 Å². The third kappa shape index (κ3) is 3.74. The summed E-state index contributed by atoms with van der Waals surface area (Å²) in [6.07, 6.45) is 0. The van der Waals surface area contributed by atoms with Crippen molar-refractivity contribution in [1.82, 2.24) is 20.2 Å². The zero-order valence-electron chi connectivity index (χ0n) is 17.0. The van der Waals surface area contributed by atoms with Gasteiger partial charge in [-0.2, -0.15) is 0 Å². The van der Waals surface area contributed by atoms with E-state index < -0.39 is 4.92 Å². The number of nitrogens with one attached hydrogen (secondary N) is 2. The topological polar surface area (TPSA) is 118 Å². The number of hydrogen-bond donors (Lipinski definition) is 2. The van der Waals surface area contributed by atoms with Gasteiger partial charge in [0.15, 0.2) is 11.0 Å². The average molecular weight is 443 g/mol. The van der Waals surface area contributed by atoms with Crippen LogP contribution >= 0.6 is 11.8 Å². The van der Waals surface area contributed by atoms with Crippen LogP contribution in [0.15, 0.2) is 65.8 Å². The number of carbonyl (C=O) groups excluding carboxylic acids is 1. The normalized spacial score (nSPS) is 11.3. The minimum Gasteiger partial charge on any atom is -0.354 e. The van der Waals surface area contributed by atoms with Crippen LogP contribution in [0.2, 0.25) is 0 Å². The van der Waals surface area contributed by atoms with Crippen LogP contribution in [0.25, 0.3) is 44.3 Å². The Morgan fingerprint density at radius 2 is 1.72 bits per heavy atom. The summed E-state index contributed by atoms with van der Waals surface area (Å²) < 4.78 is 0. The number of nitro benzene ring substituents is 1. The number of aromatic amines is 2. The van der Waals surface area contributed by atoms with Crippen molar-refractivity contribution < 1.29 is 9.72 Å². The summed E-state index contributed by atoms with van der Waals surface area (Å²) in [5.74, 6) is 0.713. The number of non-ortho nitro benzene ring substituents is 1. The molecular weight excluding hydrogens is 426 g/mol. The van der Waals surface area contributed by atoms with Crippen molar-refractivity contribution in [3.8, 4) is 22.5 Å². The van der Waals surface area contributed by atoms with E-state index in [9.17, 15) is 14.9 Å². The number of Topliss-reactive ketones (excluding diaryl/α,β-unsaturated/α-hetero) is 1. The summed E-state index contributed by atoms with van der Waals surface area (Å²) in [6, 6.07) is 18.9. The molecule has 0 aliphatic heterocycles. The molecule has 2 aromatic heterocycles.